The molecule has 0 spiro atoms. The molecular formula is C7H12N2O6. The van der Waals surface area contributed by atoms with E-state index in [0.29, 0.717) is 0 Å². The molecule has 8 nitrogen and oxygen atoms in total. The maximum absolute atomic E-state index is 11.1. The molecule has 1 amide bonds. The first-order chi connectivity index (χ1) is 6.88. The Morgan fingerprint density at radius 1 is 1.27 bits per heavy atom. The summed E-state index contributed by atoms with van der Waals surface area (Å²) in [6, 6.07) is -2.81. The van der Waals surface area contributed by atoms with E-state index in [4.69, 9.17) is 21.1 Å². The lowest BCUT2D eigenvalue weighted by Gasteiger charge is -2.14. The van der Waals surface area contributed by atoms with Crippen LogP contribution in [0, 0.1) is 0 Å². The highest BCUT2D eigenvalue weighted by atomic mass is 16.4. The van der Waals surface area contributed by atoms with Gasteiger partial charge >= 0.3 is 11.9 Å². The molecular weight excluding hydrogens is 208 g/mol. The predicted octanol–water partition coefficient (Wildman–Crippen LogP) is -2.65. The second-order valence-corrected chi connectivity index (χ2v) is 2.79. The lowest BCUT2D eigenvalue weighted by atomic mass is 10.2. The predicted molar refractivity (Wildman–Crippen MR) is 46.9 cm³/mol. The van der Waals surface area contributed by atoms with Crippen molar-refractivity contribution < 1.29 is 29.7 Å². The van der Waals surface area contributed by atoms with Gasteiger partial charge in [0.05, 0.1) is 19.1 Å². The van der Waals surface area contributed by atoms with E-state index >= 15 is 0 Å². The molecule has 2 atom stereocenters. The number of amides is 1. The Hall–Kier alpha value is -1.67. The first kappa shape index (κ1) is 13.3. The number of aliphatic carboxylic acids is 2. The number of aliphatic hydroxyl groups excluding tert-OH is 1. The normalized spacial score (nSPS) is 14.0. The second-order valence-electron chi connectivity index (χ2n) is 2.79. The number of aliphatic hydroxyl groups is 1. The summed E-state index contributed by atoms with van der Waals surface area (Å²) in [5, 5.41) is 27.2. The average molecular weight is 220 g/mol. The van der Waals surface area contributed by atoms with E-state index in [1.807, 2.05) is 5.32 Å². The number of carboxylic acid groups (broad SMARTS) is 2. The van der Waals surface area contributed by atoms with Crippen LogP contribution in [0.1, 0.15) is 6.42 Å². The molecule has 0 aliphatic heterocycles. The van der Waals surface area contributed by atoms with E-state index in [-0.39, 0.29) is 0 Å². The first-order valence-corrected chi connectivity index (χ1v) is 4.00. The smallest absolute Gasteiger partial charge is 0.328 e. The monoisotopic (exact) mass is 220 g/mol. The SMILES string of the molecule is N[C@@H](CC(=O)O)C(=O)N[C@H](CO)C(=O)O. The molecule has 0 saturated heterocycles. The van der Waals surface area contributed by atoms with Crippen molar-refractivity contribution in [2.75, 3.05) is 6.61 Å². The van der Waals surface area contributed by atoms with Crippen molar-refractivity contribution in [1.29, 1.82) is 0 Å². The first-order valence-electron chi connectivity index (χ1n) is 4.00. The van der Waals surface area contributed by atoms with E-state index in [1.165, 1.54) is 0 Å². The largest absolute Gasteiger partial charge is 0.481 e. The Morgan fingerprint density at radius 2 is 1.80 bits per heavy atom. The Labute approximate surface area is 84.7 Å². The zero-order valence-corrected chi connectivity index (χ0v) is 7.71. The van der Waals surface area contributed by atoms with Crippen molar-refractivity contribution >= 4 is 17.8 Å². The fourth-order valence-electron chi connectivity index (χ4n) is 0.745. The zero-order valence-electron chi connectivity index (χ0n) is 7.71. The minimum absolute atomic E-state index is 0.608. The number of carbonyl (C=O) groups is 3. The molecule has 0 radical (unpaired) electrons. The van der Waals surface area contributed by atoms with Crippen LogP contribution in [0.4, 0.5) is 0 Å². The molecule has 0 saturated carbocycles. The molecule has 0 rings (SSSR count). The molecule has 0 fully saturated rings. The lowest BCUT2D eigenvalue weighted by Crippen LogP contribution is -2.50. The van der Waals surface area contributed by atoms with Crippen LogP contribution in [0.25, 0.3) is 0 Å². The third-order valence-electron chi connectivity index (χ3n) is 1.53. The third-order valence-corrected chi connectivity index (χ3v) is 1.53. The van der Waals surface area contributed by atoms with E-state index < -0.39 is 43.0 Å². The van der Waals surface area contributed by atoms with Crippen LogP contribution in [0.5, 0.6) is 0 Å². The molecule has 0 aromatic rings. The van der Waals surface area contributed by atoms with Crippen molar-refractivity contribution in [3.8, 4) is 0 Å². The summed E-state index contributed by atoms with van der Waals surface area (Å²) in [6.45, 7) is -0.791. The Morgan fingerprint density at radius 3 is 2.13 bits per heavy atom. The van der Waals surface area contributed by atoms with Crippen LogP contribution >= 0.6 is 0 Å². The summed E-state index contributed by atoms with van der Waals surface area (Å²) in [5.74, 6) is -3.62. The van der Waals surface area contributed by atoms with Crippen LogP contribution in [0.3, 0.4) is 0 Å². The van der Waals surface area contributed by atoms with E-state index in [2.05, 4.69) is 0 Å². The van der Waals surface area contributed by atoms with Crippen LogP contribution in [0.2, 0.25) is 0 Å². The summed E-state index contributed by atoms with van der Waals surface area (Å²) < 4.78 is 0. The Balaban J connectivity index is 4.21. The Bertz CT molecular complexity index is 266. The van der Waals surface area contributed by atoms with Crippen LogP contribution in [0.15, 0.2) is 0 Å². The van der Waals surface area contributed by atoms with Gasteiger partial charge in [0.2, 0.25) is 5.91 Å². The number of nitrogens with one attached hydrogen (secondary N) is 1. The summed E-state index contributed by atoms with van der Waals surface area (Å²) in [4.78, 5) is 31.6. The molecule has 0 aliphatic carbocycles. The molecule has 0 heterocycles. The van der Waals surface area contributed by atoms with Gasteiger partial charge in [-0.3, -0.25) is 9.59 Å². The van der Waals surface area contributed by atoms with Crippen LogP contribution < -0.4 is 11.1 Å². The van der Waals surface area contributed by atoms with Gasteiger partial charge in [-0.15, -0.1) is 0 Å². The fraction of sp³-hybridized carbons (Fsp3) is 0.571. The van der Waals surface area contributed by atoms with Gasteiger partial charge in [-0.25, -0.2) is 4.79 Å². The van der Waals surface area contributed by atoms with Crippen molar-refractivity contribution in [2.24, 2.45) is 5.73 Å². The second kappa shape index (κ2) is 5.94. The highest BCUT2D eigenvalue weighted by Crippen LogP contribution is 1.91. The van der Waals surface area contributed by atoms with Crippen molar-refractivity contribution in [1.82, 2.24) is 5.32 Å². The molecule has 0 unspecified atom stereocenters. The van der Waals surface area contributed by atoms with Crippen molar-refractivity contribution in [3.05, 3.63) is 0 Å². The zero-order chi connectivity index (χ0) is 12.0. The van der Waals surface area contributed by atoms with Crippen LogP contribution in [-0.4, -0.2) is 51.9 Å². The van der Waals surface area contributed by atoms with Gasteiger partial charge in [-0.05, 0) is 0 Å². The maximum Gasteiger partial charge on any atom is 0.328 e. The minimum atomic E-state index is -1.47. The van der Waals surface area contributed by atoms with Crippen LogP contribution in [-0.2, 0) is 14.4 Å². The number of carbonyl (C=O) groups excluding carboxylic acids is 1. The fourth-order valence-corrected chi connectivity index (χ4v) is 0.745. The quantitative estimate of drug-likeness (QED) is 0.328. The minimum Gasteiger partial charge on any atom is -0.481 e. The van der Waals surface area contributed by atoms with E-state index in [9.17, 15) is 14.4 Å². The van der Waals surface area contributed by atoms with Gasteiger partial charge in [0.15, 0.2) is 0 Å². The molecule has 86 valence electrons. The van der Waals surface area contributed by atoms with Gasteiger partial charge in [-0.2, -0.15) is 0 Å². The molecule has 0 aliphatic rings. The summed E-state index contributed by atoms with van der Waals surface area (Å²) in [7, 11) is 0. The van der Waals surface area contributed by atoms with Crippen molar-refractivity contribution in [3.63, 3.8) is 0 Å². The number of nitrogens with two attached hydrogens (primary N) is 1. The molecule has 6 N–H and O–H groups in total. The molecule has 8 heteroatoms. The van der Waals surface area contributed by atoms with Gasteiger partial charge in [-0.1, -0.05) is 0 Å². The highest BCUT2D eigenvalue weighted by molar-refractivity contribution is 5.89. The number of rotatable bonds is 6. The summed E-state index contributed by atoms with van der Waals surface area (Å²) in [6.07, 6.45) is -0.608. The van der Waals surface area contributed by atoms with Gasteiger partial charge in [0, 0.05) is 0 Å². The molecule has 15 heavy (non-hydrogen) atoms. The lowest BCUT2D eigenvalue weighted by molar-refractivity contribution is -0.143. The third kappa shape index (κ3) is 4.93. The standard InChI is InChI=1S/C7H12N2O6/c8-3(1-5(11)12)6(13)9-4(2-10)7(14)15/h3-4,10H,1-2,8H2,(H,9,13)(H,11,12)(H,14,15)/t3-,4+/m0/s1. The number of hydrogen-bond donors (Lipinski definition) is 5. The van der Waals surface area contributed by atoms with Gasteiger partial charge < -0.3 is 26.4 Å². The topological polar surface area (TPSA) is 150 Å². The van der Waals surface area contributed by atoms with Crippen molar-refractivity contribution in [2.45, 2.75) is 18.5 Å². The van der Waals surface area contributed by atoms with Gasteiger partial charge in [0.25, 0.3) is 0 Å². The average Bonchev–Trinajstić information content (AvgIpc) is 2.11. The van der Waals surface area contributed by atoms with E-state index in [1.54, 1.807) is 0 Å². The molecule has 0 aromatic carbocycles. The number of carboxylic acids is 2. The maximum atomic E-state index is 11.1. The molecule has 0 aromatic heterocycles. The summed E-state index contributed by atoms with van der Waals surface area (Å²) >= 11 is 0. The van der Waals surface area contributed by atoms with Gasteiger partial charge in [0.1, 0.15) is 6.04 Å². The Kier molecular flexibility index (Phi) is 5.27. The van der Waals surface area contributed by atoms with E-state index in [0.717, 1.165) is 0 Å². The number of hydrogen-bond acceptors (Lipinski definition) is 5. The summed E-state index contributed by atoms with van der Waals surface area (Å²) in [5.41, 5.74) is 5.15. The molecule has 0 bridgehead atoms. The highest BCUT2D eigenvalue weighted by Gasteiger charge is 2.23.